The topological polar surface area (TPSA) is 53.3 Å². The average molecular weight is 304 g/mol. The number of piperidine rings is 1. The summed E-state index contributed by atoms with van der Waals surface area (Å²) in [5, 5.41) is 9.34. The highest BCUT2D eigenvalue weighted by molar-refractivity contribution is 5.81. The van der Waals surface area contributed by atoms with E-state index >= 15 is 0 Å². The number of hydrogen-bond acceptors (Lipinski definition) is 3. The first kappa shape index (κ1) is 16.3. The summed E-state index contributed by atoms with van der Waals surface area (Å²) >= 11 is 0. The van der Waals surface area contributed by atoms with Gasteiger partial charge in [-0.25, -0.2) is 4.39 Å². The summed E-state index contributed by atoms with van der Waals surface area (Å²) in [4.78, 5) is 14.2. The number of nitriles is 1. The fraction of sp³-hybridized carbons (Fsp3) is 0.529. The lowest BCUT2D eigenvalue weighted by Gasteiger charge is -2.31. The maximum atomic E-state index is 13.4. The third-order valence-electron chi connectivity index (χ3n) is 4.22. The molecule has 1 heterocycles. The molecule has 1 aliphatic heterocycles. The van der Waals surface area contributed by atoms with Gasteiger partial charge >= 0.3 is 0 Å². The van der Waals surface area contributed by atoms with Crippen LogP contribution in [0.2, 0.25) is 0 Å². The number of carbonyl (C=O) groups is 1. The van der Waals surface area contributed by atoms with Crippen molar-refractivity contribution < 1.29 is 13.9 Å². The quantitative estimate of drug-likeness (QED) is 0.859. The Hall–Kier alpha value is -2.09. The van der Waals surface area contributed by atoms with Gasteiger partial charge in [0.05, 0.1) is 13.2 Å². The van der Waals surface area contributed by atoms with Gasteiger partial charge in [0.25, 0.3) is 0 Å². The maximum absolute atomic E-state index is 13.4. The number of nitrogens with zero attached hydrogens (tertiary/aromatic N) is 2. The molecule has 1 aromatic rings. The SMILES string of the molecule is COc1ccc(F)cc1CC(C#N)C(=O)N1CCC(C)CC1. The van der Waals surface area contributed by atoms with Gasteiger partial charge in [0.2, 0.25) is 5.91 Å². The second-order valence-electron chi connectivity index (χ2n) is 5.85. The molecule has 1 atom stereocenters. The van der Waals surface area contributed by atoms with Crippen LogP contribution in [0.4, 0.5) is 4.39 Å². The van der Waals surface area contributed by atoms with Gasteiger partial charge in [0.15, 0.2) is 0 Å². The first-order valence-corrected chi connectivity index (χ1v) is 7.56. The van der Waals surface area contributed by atoms with Crippen molar-refractivity contribution in [2.45, 2.75) is 26.2 Å². The lowest BCUT2D eigenvalue weighted by atomic mass is 9.95. The minimum atomic E-state index is -0.802. The van der Waals surface area contributed by atoms with Gasteiger partial charge in [-0.1, -0.05) is 6.92 Å². The lowest BCUT2D eigenvalue weighted by molar-refractivity contribution is -0.135. The van der Waals surface area contributed by atoms with Crippen LogP contribution in [0.5, 0.6) is 5.75 Å². The Morgan fingerprint density at radius 3 is 2.77 bits per heavy atom. The molecule has 0 saturated carbocycles. The highest BCUT2D eigenvalue weighted by Gasteiger charge is 2.28. The minimum Gasteiger partial charge on any atom is -0.496 e. The number of likely N-dealkylation sites (tertiary alicyclic amines) is 1. The number of carbonyl (C=O) groups excluding carboxylic acids is 1. The number of amides is 1. The van der Waals surface area contributed by atoms with Crippen molar-refractivity contribution in [2.24, 2.45) is 11.8 Å². The predicted molar refractivity (Wildman–Crippen MR) is 80.7 cm³/mol. The Morgan fingerprint density at radius 2 is 2.18 bits per heavy atom. The zero-order valence-corrected chi connectivity index (χ0v) is 13.0. The van der Waals surface area contributed by atoms with Crippen molar-refractivity contribution in [3.05, 3.63) is 29.6 Å². The van der Waals surface area contributed by atoms with Crippen LogP contribution in [0, 0.1) is 29.0 Å². The molecule has 0 aliphatic carbocycles. The Morgan fingerprint density at radius 1 is 1.50 bits per heavy atom. The van der Waals surface area contributed by atoms with Crippen LogP contribution < -0.4 is 4.74 Å². The van der Waals surface area contributed by atoms with Crippen molar-refractivity contribution in [3.63, 3.8) is 0 Å². The van der Waals surface area contributed by atoms with E-state index in [2.05, 4.69) is 13.0 Å². The summed E-state index contributed by atoms with van der Waals surface area (Å²) in [6.07, 6.45) is 2.10. The molecule has 118 valence electrons. The highest BCUT2D eigenvalue weighted by Crippen LogP contribution is 2.24. The number of rotatable bonds is 4. The van der Waals surface area contributed by atoms with Gasteiger partial charge in [-0.2, -0.15) is 5.26 Å². The third-order valence-corrected chi connectivity index (χ3v) is 4.22. The van der Waals surface area contributed by atoms with E-state index in [9.17, 15) is 14.4 Å². The fourth-order valence-corrected chi connectivity index (χ4v) is 2.76. The minimum absolute atomic E-state index is 0.166. The number of benzene rings is 1. The molecule has 4 nitrogen and oxygen atoms in total. The first-order valence-electron chi connectivity index (χ1n) is 7.56. The molecule has 2 rings (SSSR count). The van der Waals surface area contributed by atoms with Crippen molar-refractivity contribution in [2.75, 3.05) is 20.2 Å². The van der Waals surface area contributed by atoms with Crippen molar-refractivity contribution >= 4 is 5.91 Å². The van der Waals surface area contributed by atoms with E-state index in [1.165, 1.54) is 25.3 Å². The predicted octanol–water partition coefficient (Wildman–Crippen LogP) is 2.78. The third kappa shape index (κ3) is 3.76. The number of hydrogen-bond donors (Lipinski definition) is 0. The molecule has 0 N–H and O–H groups in total. The summed E-state index contributed by atoms with van der Waals surface area (Å²) < 4.78 is 18.6. The fourth-order valence-electron chi connectivity index (χ4n) is 2.76. The molecular weight excluding hydrogens is 283 g/mol. The summed E-state index contributed by atoms with van der Waals surface area (Å²) in [5.74, 6) is -0.244. The standard InChI is InChI=1S/C17H21FN2O2/c1-12-5-7-20(8-6-12)17(21)14(11-19)9-13-10-15(18)3-4-16(13)22-2/h3-4,10,12,14H,5-9H2,1-2H3. The molecule has 22 heavy (non-hydrogen) atoms. The molecule has 1 unspecified atom stereocenters. The van der Waals surface area contributed by atoms with E-state index < -0.39 is 11.7 Å². The summed E-state index contributed by atoms with van der Waals surface area (Å²) in [6.45, 7) is 3.55. The number of ether oxygens (including phenoxy) is 1. The summed E-state index contributed by atoms with van der Waals surface area (Å²) in [6, 6.07) is 6.21. The zero-order chi connectivity index (χ0) is 16.1. The molecular formula is C17H21FN2O2. The normalized spacial score (nSPS) is 16.9. The van der Waals surface area contributed by atoms with E-state index in [1.54, 1.807) is 4.90 Å². The second kappa shape index (κ2) is 7.26. The Bertz CT molecular complexity index is 575. The zero-order valence-electron chi connectivity index (χ0n) is 13.0. The van der Waals surface area contributed by atoms with Crippen LogP contribution in [0.25, 0.3) is 0 Å². The Balaban J connectivity index is 2.11. The van der Waals surface area contributed by atoms with E-state index in [0.717, 1.165) is 12.8 Å². The molecule has 0 radical (unpaired) electrons. The van der Waals surface area contributed by atoms with E-state index in [4.69, 9.17) is 4.74 Å². The van der Waals surface area contributed by atoms with Gasteiger partial charge in [0.1, 0.15) is 17.5 Å². The molecule has 1 fully saturated rings. The smallest absolute Gasteiger partial charge is 0.240 e. The molecule has 1 aromatic carbocycles. The summed E-state index contributed by atoms with van der Waals surface area (Å²) in [5.41, 5.74) is 0.549. The van der Waals surface area contributed by atoms with Crippen LogP contribution in [0.1, 0.15) is 25.3 Å². The Labute approximate surface area is 130 Å². The molecule has 0 aromatic heterocycles. The monoisotopic (exact) mass is 304 g/mol. The average Bonchev–Trinajstić information content (AvgIpc) is 2.53. The van der Waals surface area contributed by atoms with Crippen LogP contribution in [-0.2, 0) is 11.2 Å². The van der Waals surface area contributed by atoms with E-state index in [-0.39, 0.29) is 12.3 Å². The van der Waals surface area contributed by atoms with E-state index in [0.29, 0.717) is 30.3 Å². The molecule has 1 saturated heterocycles. The van der Waals surface area contributed by atoms with Crippen molar-refractivity contribution in [1.29, 1.82) is 5.26 Å². The van der Waals surface area contributed by atoms with Crippen LogP contribution in [0.3, 0.4) is 0 Å². The molecule has 1 aliphatic rings. The van der Waals surface area contributed by atoms with Crippen LogP contribution in [-0.4, -0.2) is 31.0 Å². The van der Waals surface area contributed by atoms with E-state index in [1.807, 2.05) is 0 Å². The van der Waals surface area contributed by atoms with Gasteiger partial charge in [-0.05, 0) is 42.5 Å². The molecule has 5 heteroatoms. The molecule has 0 spiro atoms. The molecule has 1 amide bonds. The summed E-state index contributed by atoms with van der Waals surface area (Å²) in [7, 11) is 1.49. The number of halogens is 1. The van der Waals surface area contributed by atoms with Gasteiger partial charge in [0, 0.05) is 19.5 Å². The maximum Gasteiger partial charge on any atom is 0.240 e. The lowest BCUT2D eigenvalue weighted by Crippen LogP contribution is -2.41. The van der Waals surface area contributed by atoms with Gasteiger partial charge in [-0.3, -0.25) is 4.79 Å². The molecule has 0 bridgehead atoms. The van der Waals surface area contributed by atoms with Crippen LogP contribution >= 0.6 is 0 Å². The largest absolute Gasteiger partial charge is 0.496 e. The van der Waals surface area contributed by atoms with Gasteiger partial charge in [-0.15, -0.1) is 0 Å². The van der Waals surface area contributed by atoms with Crippen molar-refractivity contribution in [3.8, 4) is 11.8 Å². The highest BCUT2D eigenvalue weighted by atomic mass is 19.1. The first-order chi connectivity index (χ1) is 10.5. The Kier molecular flexibility index (Phi) is 5.37. The van der Waals surface area contributed by atoms with Crippen LogP contribution in [0.15, 0.2) is 18.2 Å². The van der Waals surface area contributed by atoms with Gasteiger partial charge < -0.3 is 9.64 Å². The van der Waals surface area contributed by atoms with Crippen molar-refractivity contribution in [1.82, 2.24) is 4.90 Å². The second-order valence-corrected chi connectivity index (χ2v) is 5.85. The number of methoxy groups -OCH3 is 1.